The second-order valence-corrected chi connectivity index (χ2v) is 6.35. The molecule has 0 aliphatic carbocycles. The highest BCUT2D eigenvalue weighted by molar-refractivity contribution is 5.39. The summed E-state index contributed by atoms with van der Waals surface area (Å²) in [4.78, 5) is 0. The Morgan fingerprint density at radius 3 is 1.90 bits per heavy atom. The van der Waals surface area contributed by atoms with Crippen LogP contribution in [-0.4, -0.2) is 0 Å². The van der Waals surface area contributed by atoms with Crippen LogP contribution in [0.1, 0.15) is 48.9 Å². The van der Waals surface area contributed by atoms with Crippen molar-refractivity contribution in [1.82, 2.24) is 0 Å². The van der Waals surface area contributed by atoms with Gasteiger partial charge in [0.2, 0.25) is 0 Å². The quantitative estimate of drug-likeness (QED) is 0.663. The summed E-state index contributed by atoms with van der Waals surface area (Å²) in [6.45, 7) is 11.4. The van der Waals surface area contributed by atoms with Crippen LogP contribution in [0.15, 0.2) is 48.5 Å². The Balaban J connectivity index is 2.50. The summed E-state index contributed by atoms with van der Waals surface area (Å²) >= 11 is 0. The number of hydrogen-bond acceptors (Lipinski definition) is 0. The predicted octanol–water partition coefficient (Wildman–Crippen LogP) is 5.73. The van der Waals surface area contributed by atoms with Crippen LogP contribution in [0, 0.1) is 25.7 Å². The highest BCUT2D eigenvalue weighted by Gasteiger charge is 2.24. The van der Waals surface area contributed by atoms with Gasteiger partial charge < -0.3 is 0 Å². The van der Waals surface area contributed by atoms with Crippen molar-refractivity contribution < 1.29 is 0 Å². The van der Waals surface area contributed by atoms with Gasteiger partial charge in [-0.2, -0.15) is 0 Å². The van der Waals surface area contributed by atoms with Crippen molar-refractivity contribution in [3.8, 4) is 0 Å². The SMILES string of the molecule is Cc1ccc(C(c2ccccc2C)C(C)C(C)C)cc1. The third-order valence-corrected chi connectivity index (χ3v) is 4.54. The van der Waals surface area contributed by atoms with E-state index in [0.29, 0.717) is 17.8 Å². The molecule has 0 aliphatic rings. The van der Waals surface area contributed by atoms with E-state index in [9.17, 15) is 0 Å². The molecule has 0 spiro atoms. The fourth-order valence-corrected chi connectivity index (χ4v) is 2.86. The average molecular weight is 266 g/mol. The zero-order valence-electron chi connectivity index (χ0n) is 13.4. The van der Waals surface area contributed by atoms with E-state index < -0.39 is 0 Å². The van der Waals surface area contributed by atoms with Crippen LogP contribution in [0.3, 0.4) is 0 Å². The standard InChI is InChI=1S/C20H26/c1-14(2)17(5)20(18-12-10-15(3)11-13-18)19-9-7-6-8-16(19)4/h6-14,17,20H,1-5H3. The number of aryl methyl sites for hydroxylation is 2. The molecule has 0 nitrogen and oxygen atoms in total. The van der Waals surface area contributed by atoms with Gasteiger partial charge in [-0.05, 0) is 42.4 Å². The topological polar surface area (TPSA) is 0 Å². The van der Waals surface area contributed by atoms with E-state index in [4.69, 9.17) is 0 Å². The van der Waals surface area contributed by atoms with Crippen LogP contribution >= 0.6 is 0 Å². The summed E-state index contributed by atoms with van der Waals surface area (Å²) in [7, 11) is 0. The van der Waals surface area contributed by atoms with Crippen molar-refractivity contribution in [2.24, 2.45) is 11.8 Å². The Bertz CT molecular complexity index is 549. The summed E-state index contributed by atoms with van der Waals surface area (Å²) in [6, 6.07) is 17.9. The molecule has 2 atom stereocenters. The van der Waals surface area contributed by atoms with Gasteiger partial charge in [0.1, 0.15) is 0 Å². The molecule has 0 radical (unpaired) electrons. The Kier molecular flexibility index (Phi) is 4.65. The molecule has 2 aromatic rings. The average Bonchev–Trinajstić information content (AvgIpc) is 2.43. The molecule has 2 unspecified atom stereocenters. The highest BCUT2D eigenvalue weighted by Crippen LogP contribution is 2.37. The van der Waals surface area contributed by atoms with Gasteiger partial charge in [-0.25, -0.2) is 0 Å². The lowest BCUT2D eigenvalue weighted by Gasteiger charge is -2.29. The van der Waals surface area contributed by atoms with E-state index in [1.165, 1.54) is 22.3 Å². The highest BCUT2D eigenvalue weighted by atomic mass is 14.3. The van der Waals surface area contributed by atoms with E-state index in [1.54, 1.807) is 0 Å². The van der Waals surface area contributed by atoms with E-state index in [0.717, 1.165) is 0 Å². The molecule has 0 saturated carbocycles. The summed E-state index contributed by atoms with van der Waals surface area (Å²) in [5.41, 5.74) is 5.63. The molecule has 2 aromatic carbocycles. The van der Waals surface area contributed by atoms with Crippen molar-refractivity contribution in [3.63, 3.8) is 0 Å². The van der Waals surface area contributed by atoms with Gasteiger partial charge in [0.25, 0.3) is 0 Å². The number of rotatable bonds is 4. The first-order valence-electron chi connectivity index (χ1n) is 7.62. The molecule has 2 rings (SSSR count). The Morgan fingerprint density at radius 2 is 1.35 bits per heavy atom. The van der Waals surface area contributed by atoms with Gasteiger partial charge in [0, 0.05) is 5.92 Å². The van der Waals surface area contributed by atoms with Crippen molar-refractivity contribution in [2.45, 2.75) is 40.5 Å². The molecule has 0 fully saturated rings. The van der Waals surface area contributed by atoms with Crippen molar-refractivity contribution in [2.75, 3.05) is 0 Å². The van der Waals surface area contributed by atoms with Gasteiger partial charge in [0.15, 0.2) is 0 Å². The van der Waals surface area contributed by atoms with Crippen LogP contribution in [0.5, 0.6) is 0 Å². The maximum Gasteiger partial charge on any atom is 0.0120 e. The minimum absolute atomic E-state index is 0.483. The summed E-state index contributed by atoms with van der Waals surface area (Å²) < 4.78 is 0. The number of hydrogen-bond donors (Lipinski definition) is 0. The molecule has 0 amide bonds. The van der Waals surface area contributed by atoms with Crippen LogP contribution in [0.2, 0.25) is 0 Å². The van der Waals surface area contributed by atoms with E-state index >= 15 is 0 Å². The normalized spacial score (nSPS) is 14.3. The van der Waals surface area contributed by atoms with E-state index in [1.807, 2.05) is 0 Å². The smallest absolute Gasteiger partial charge is 0.0120 e. The van der Waals surface area contributed by atoms with Crippen molar-refractivity contribution >= 4 is 0 Å². The lowest BCUT2D eigenvalue weighted by Crippen LogP contribution is -2.17. The van der Waals surface area contributed by atoms with Gasteiger partial charge in [-0.1, -0.05) is 74.9 Å². The molecule has 0 heterocycles. The largest absolute Gasteiger partial charge is 0.0625 e. The molecule has 0 aromatic heterocycles. The first-order chi connectivity index (χ1) is 9.50. The molecular weight excluding hydrogens is 240 g/mol. The lowest BCUT2D eigenvalue weighted by molar-refractivity contribution is 0.377. The fraction of sp³-hybridized carbons (Fsp3) is 0.400. The van der Waals surface area contributed by atoms with Crippen LogP contribution in [0.4, 0.5) is 0 Å². The summed E-state index contributed by atoms with van der Waals surface area (Å²) in [5, 5.41) is 0. The summed E-state index contributed by atoms with van der Waals surface area (Å²) in [6.07, 6.45) is 0. The minimum Gasteiger partial charge on any atom is -0.0625 e. The minimum atomic E-state index is 0.483. The zero-order chi connectivity index (χ0) is 14.7. The molecular formula is C20H26. The van der Waals surface area contributed by atoms with Crippen LogP contribution < -0.4 is 0 Å². The Hall–Kier alpha value is -1.56. The molecule has 0 aliphatic heterocycles. The van der Waals surface area contributed by atoms with Crippen molar-refractivity contribution in [3.05, 3.63) is 70.8 Å². The monoisotopic (exact) mass is 266 g/mol. The Morgan fingerprint density at radius 1 is 0.750 bits per heavy atom. The maximum atomic E-state index is 2.38. The summed E-state index contributed by atoms with van der Waals surface area (Å²) in [5.74, 6) is 1.77. The molecule has 0 N–H and O–H groups in total. The zero-order valence-corrected chi connectivity index (χ0v) is 13.4. The van der Waals surface area contributed by atoms with Crippen LogP contribution in [0.25, 0.3) is 0 Å². The van der Waals surface area contributed by atoms with Gasteiger partial charge in [-0.15, -0.1) is 0 Å². The second kappa shape index (κ2) is 6.26. The third-order valence-electron chi connectivity index (χ3n) is 4.54. The van der Waals surface area contributed by atoms with E-state index in [-0.39, 0.29) is 0 Å². The molecule has 20 heavy (non-hydrogen) atoms. The molecule has 0 bridgehead atoms. The molecule has 0 saturated heterocycles. The third kappa shape index (κ3) is 3.12. The Labute approximate surface area is 123 Å². The number of benzene rings is 2. The van der Waals surface area contributed by atoms with Gasteiger partial charge >= 0.3 is 0 Å². The molecule has 0 heteroatoms. The maximum absolute atomic E-state index is 2.38. The molecule has 106 valence electrons. The fourth-order valence-electron chi connectivity index (χ4n) is 2.86. The predicted molar refractivity (Wildman–Crippen MR) is 88.2 cm³/mol. The first kappa shape index (κ1) is 14.8. The van der Waals surface area contributed by atoms with Gasteiger partial charge in [-0.3, -0.25) is 0 Å². The van der Waals surface area contributed by atoms with Crippen LogP contribution in [-0.2, 0) is 0 Å². The van der Waals surface area contributed by atoms with Gasteiger partial charge in [0.05, 0.1) is 0 Å². The van der Waals surface area contributed by atoms with E-state index in [2.05, 4.69) is 83.1 Å². The first-order valence-corrected chi connectivity index (χ1v) is 7.62. The van der Waals surface area contributed by atoms with Crippen molar-refractivity contribution in [1.29, 1.82) is 0 Å². The second-order valence-electron chi connectivity index (χ2n) is 6.35. The lowest BCUT2D eigenvalue weighted by atomic mass is 9.75.